The minimum atomic E-state index is -1.03. The highest BCUT2D eigenvalue weighted by atomic mass is 16.9. The van der Waals surface area contributed by atoms with Gasteiger partial charge in [-0.3, -0.25) is 0 Å². The molecule has 0 aliphatic carbocycles. The first kappa shape index (κ1) is 14.6. The van der Waals surface area contributed by atoms with Gasteiger partial charge in [-0.05, 0) is 0 Å². The number of hydrogen-bond donors (Lipinski definition) is 4. The van der Waals surface area contributed by atoms with Gasteiger partial charge in [-0.15, -0.1) is 11.2 Å². The van der Waals surface area contributed by atoms with E-state index in [0.717, 1.165) is 0 Å². The fourth-order valence-corrected chi connectivity index (χ4v) is 0.701. The molecule has 0 fully saturated rings. The Hall–Kier alpha value is -0.400. The first-order valence-corrected chi connectivity index (χ1v) is 4.14. The van der Waals surface area contributed by atoms with Gasteiger partial charge in [0.05, 0.1) is 14.1 Å². The van der Waals surface area contributed by atoms with Crippen molar-refractivity contribution in [2.24, 2.45) is 5.84 Å². The number of quaternary nitrogens is 3. The third-order valence-electron chi connectivity index (χ3n) is 1.23. The Labute approximate surface area is 86.2 Å². The molecule has 0 spiro atoms. The molecule has 0 bridgehead atoms. The minimum absolute atomic E-state index is 0.203. The second kappa shape index (κ2) is 7.84. The molecule has 0 radical (unpaired) electrons. The van der Waals surface area contributed by atoms with Crippen molar-refractivity contribution in [1.29, 1.82) is 0 Å². The summed E-state index contributed by atoms with van der Waals surface area (Å²) in [5.41, 5.74) is 0. The van der Waals surface area contributed by atoms with E-state index < -0.39 is 21.9 Å². The van der Waals surface area contributed by atoms with Crippen molar-refractivity contribution in [3.05, 3.63) is 15.6 Å². The Kier molecular flexibility index (Phi) is 7.63. The Morgan fingerprint density at radius 3 is 1.73 bits per heavy atom. The molecule has 5 N–H and O–H groups in total. The van der Waals surface area contributed by atoms with Crippen LogP contribution >= 0.6 is 0 Å². The summed E-state index contributed by atoms with van der Waals surface area (Å²) in [7, 11) is 2.40. The van der Waals surface area contributed by atoms with Crippen LogP contribution in [0.1, 0.15) is 0 Å². The fraction of sp³-hybridized carbons (Fsp3) is 1.00. The molecule has 3 unspecified atom stereocenters. The Balaban J connectivity index is 3.84. The molecule has 3 atom stereocenters. The monoisotopic (exact) mass is 228 g/mol. The smallest absolute Gasteiger partial charge is 0.178 e. The zero-order valence-corrected chi connectivity index (χ0v) is 8.52. The third-order valence-corrected chi connectivity index (χ3v) is 1.23. The SMILES string of the molecule is C[NH+]([O-])OCC(CO[NH+](C)[O-])O[NH+](N)[O-]. The second-order valence-corrected chi connectivity index (χ2v) is 2.66. The first-order valence-electron chi connectivity index (χ1n) is 4.14. The molecule has 0 aromatic rings. The van der Waals surface area contributed by atoms with Crippen LogP contribution in [0.2, 0.25) is 0 Å². The lowest BCUT2D eigenvalue weighted by Crippen LogP contribution is -3.13. The molecule has 0 aliphatic rings. The predicted octanol–water partition coefficient (Wildman–Crippen LogP) is -5.57. The van der Waals surface area contributed by atoms with E-state index >= 15 is 0 Å². The van der Waals surface area contributed by atoms with Crippen LogP contribution in [0, 0.1) is 15.6 Å². The standard InChI is InChI=1S/C5H16N4O6/c1-7(10)13-3-5(15-9(6)12)4-14-8(2)11/h5,7-9H,3-4,6H2,1-2H3. The van der Waals surface area contributed by atoms with Crippen LogP contribution in [0.3, 0.4) is 0 Å². The lowest BCUT2D eigenvalue weighted by molar-refractivity contribution is -1.08. The molecular weight excluding hydrogens is 212 g/mol. The van der Waals surface area contributed by atoms with Crippen molar-refractivity contribution < 1.29 is 30.3 Å². The molecule has 0 aromatic heterocycles. The normalized spacial score (nSPS) is 19.6. The van der Waals surface area contributed by atoms with Crippen molar-refractivity contribution in [3.8, 4) is 0 Å². The van der Waals surface area contributed by atoms with Gasteiger partial charge in [0.1, 0.15) is 13.2 Å². The van der Waals surface area contributed by atoms with E-state index in [1.54, 1.807) is 0 Å². The summed E-state index contributed by atoms with van der Waals surface area (Å²) in [6.45, 7) is -0.406. The van der Waals surface area contributed by atoms with Crippen molar-refractivity contribution in [2.45, 2.75) is 6.10 Å². The molecule has 10 nitrogen and oxygen atoms in total. The third kappa shape index (κ3) is 9.89. The van der Waals surface area contributed by atoms with Gasteiger partial charge in [0, 0.05) is 0 Å². The van der Waals surface area contributed by atoms with Crippen LogP contribution in [0.25, 0.3) is 0 Å². The van der Waals surface area contributed by atoms with Crippen LogP contribution in [-0.4, -0.2) is 33.4 Å². The van der Waals surface area contributed by atoms with E-state index in [0.29, 0.717) is 0 Å². The average molecular weight is 228 g/mol. The van der Waals surface area contributed by atoms with E-state index in [2.05, 4.69) is 14.5 Å². The van der Waals surface area contributed by atoms with Crippen LogP contribution in [-0.2, 0) is 14.5 Å². The van der Waals surface area contributed by atoms with Crippen LogP contribution in [0.5, 0.6) is 0 Å². The predicted molar refractivity (Wildman–Crippen MR) is 45.8 cm³/mol. The molecule has 0 amide bonds. The van der Waals surface area contributed by atoms with Gasteiger partial charge in [-0.25, -0.2) is 20.1 Å². The van der Waals surface area contributed by atoms with Gasteiger partial charge in [0.2, 0.25) is 0 Å². The van der Waals surface area contributed by atoms with Gasteiger partial charge >= 0.3 is 0 Å². The van der Waals surface area contributed by atoms with Crippen molar-refractivity contribution >= 4 is 0 Å². The van der Waals surface area contributed by atoms with Crippen LogP contribution < -0.4 is 21.6 Å². The van der Waals surface area contributed by atoms with Gasteiger partial charge in [-0.2, -0.15) is 4.84 Å². The lowest BCUT2D eigenvalue weighted by Gasteiger charge is -2.23. The average Bonchev–Trinajstić information content (AvgIpc) is 2.08. The van der Waals surface area contributed by atoms with Crippen LogP contribution in [0.4, 0.5) is 0 Å². The summed E-state index contributed by atoms with van der Waals surface area (Å²) >= 11 is 0. The molecule has 15 heavy (non-hydrogen) atoms. The van der Waals surface area contributed by atoms with E-state index in [1.165, 1.54) is 14.1 Å². The van der Waals surface area contributed by atoms with Crippen LogP contribution in [0.15, 0.2) is 0 Å². The second-order valence-electron chi connectivity index (χ2n) is 2.66. The van der Waals surface area contributed by atoms with E-state index in [9.17, 15) is 15.6 Å². The maximum atomic E-state index is 10.5. The largest absolute Gasteiger partial charge is 0.600 e. The number of nitrogens with two attached hydrogens (primary N) is 1. The number of rotatable bonds is 8. The Morgan fingerprint density at radius 2 is 1.47 bits per heavy atom. The zero-order chi connectivity index (χ0) is 11.8. The molecule has 0 aromatic carbocycles. The molecule has 0 saturated heterocycles. The van der Waals surface area contributed by atoms with Gasteiger partial charge in [0.25, 0.3) is 0 Å². The Bertz CT molecular complexity index is 144. The van der Waals surface area contributed by atoms with Crippen molar-refractivity contribution in [3.63, 3.8) is 0 Å². The summed E-state index contributed by atoms with van der Waals surface area (Å²) < 4.78 is 0. The van der Waals surface area contributed by atoms with Gasteiger partial charge in [-0.1, -0.05) is 0 Å². The van der Waals surface area contributed by atoms with Gasteiger partial charge < -0.3 is 15.6 Å². The maximum absolute atomic E-state index is 10.5. The Morgan fingerprint density at radius 1 is 1.07 bits per heavy atom. The molecular formula is C5H16N4O6. The molecule has 0 rings (SSSR count). The summed E-state index contributed by atoms with van der Waals surface area (Å²) in [4.78, 5) is 13.7. The molecule has 10 heteroatoms. The van der Waals surface area contributed by atoms with E-state index in [4.69, 9.17) is 5.84 Å². The minimum Gasteiger partial charge on any atom is -0.600 e. The molecule has 0 aliphatic heterocycles. The molecule has 0 heterocycles. The maximum Gasteiger partial charge on any atom is 0.178 e. The number of nitrogens with one attached hydrogen (secondary N) is 3. The highest BCUT2D eigenvalue weighted by Crippen LogP contribution is 1.85. The van der Waals surface area contributed by atoms with Gasteiger partial charge in [0.15, 0.2) is 6.10 Å². The topological polar surface area (TPSA) is 136 Å². The zero-order valence-electron chi connectivity index (χ0n) is 8.52. The number of hydroxylamine groups is 4. The quantitative estimate of drug-likeness (QED) is 0.240. The van der Waals surface area contributed by atoms with E-state index in [1.807, 2.05) is 0 Å². The highest BCUT2D eigenvalue weighted by Gasteiger charge is 2.17. The molecule has 92 valence electrons. The van der Waals surface area contributed by atoms with Crippen molar-refractivity contribution in [1.82, 2.24) is 0 Å². The first-order chi connectivity index (χ1) is 6.91. The fourth-order valence-electron chi connectivity index (χ4n) is 0.701. The number of hydrogen-bond acceptors (Lipinski definition) is 7. The summed E-state index contributed by atoms with van der Waals surface area (Å²) in [5.74, 6) is 4.76. The lowest BCUT2D eigenvalue weighted by atomic mass is 10.4. The summed E-state index contributed by atoms with van der Waals surface area (Å²) in [5, 5.41) is 29.3. The molecule has 0 saturated carbocycles. The highest BCUT2D eigenvalue weighted by molar-refractivity contribution is 4.49. The summed E-state index contributed by atoms with van der Waals surface area (Å²) in [6.07, 6.45) is -0.879. The van der Waals surface area contributed by atoms with Crippen molar-refractivity contribution in [2.75, 3.05) is 27.3 Å². The van der Waals surface area contributed by atoms with E-state index in [-0.39, 0.29) is 13.2 Å². The summed E-state index contributed by atoms with van der Waals surface area (Å²) in [6, 6.07) is 0.